The number of Topliss-reactive ketones (excluding diaryl/α,β-unsaturated/α-hetero) is 1. The van der Waals surface area contributed by atoms with Gasteiger partial charge in [0.25, 0.3) is 11.7 Å². The van der Waals surface area contributed by atoms with Crippen molar-refractivity contribution in [3.05, 3.63) is 94.8 Å². The van der Waals surface area contributed by atoms with E-state index >= 15 is 0 Å². The van der Waals surface area contributed by atoms with Crippen LogP contribution in [0.2, 0.25) is 0 Å². The minimum Gasteiger partial charge on any atom is -0.507 e. The first-order valence-electron chi connectivity index (χ1n) is 12.2. The maximum Gasteiger partial charge on any atom is 0.295 e. The van der Waals surface area contributed by atoms with Crippen LogP contribution in [0.15, 0.2) is 72.3 Å². The molecule has 0 radical (unpaired) electrons. The lowest BCUT2D eigenvalue weighted by atomic mass is 9.94. The minimum absolute atomic E-state index is 0.0253. The lowest BCUT2D eigenvalue weighted by Gasteiger charge is -2.26. The second kappa shape index (κ2) is 11.4. The zero-order valence-corrected chi connectivity index (χ0v) is 21.7. The SMILES string of the molecule is COc1ccc(OC)c(/C(O)=C2\C(=O)C(=O)N(CCc3ccc(F)cc3)C2c2ccc(OC(C)C)cc2)c1. The van der Waals surface area contributed by atoms with E-state index in [1.165, 1.54) is 31.3 Å². The summed E-state index contributed by atoms with van der Waals surface area (Å²) in [5.74, 6) is -0.852. The Labute approximate surface area is 221 Å². The highest BCUT2D eigenvalue weighted by atomic mass is 19.1. The Kier molecular flexibility index (Phi) is 8.00. The van der Waals surface area contributed by atoms with Crippen LogP contribution in [0.3, 0.4) is 0 Å². The molecule has 0 aliphatic carbocycles. The van der Waals surface area contributed by atoms with E-state index in [-0.39, 0.29) is 35.4 Å². The zero-order chi connectivity index (χ0) is 27.4. The second-order valence-electron chi connectivity index (χ2n) is 9.17. The molecule has 1 unspecified atom stereocenters. The van der Waals surface area contributed by atoms with Crippen LogP contribution >= 0.6 is 0 Å². The van der Waals surface area contributed by atoms with Gasteiger partial charge in [-0.15, -0.1) is 0 Å². The predicted octanol–water partition coefficient (Wildman–Crippen LogP) is 5.29. The molecular formula is C30H30FNO6. The topological polar surface area (TPSA) is 85.3 Å². The van der Waals surface area contributed by atoms with Gasteiger partial charge < -0.3 is 24.2 Å². The summed E-state index contributed by atoms with van der Waals surface area (Å²) < 4.78 is 29.8. The summed E-state index contributed by atoms with van der Waals surface area (Å²) in [6.45, 7) is 4.01. The van der Waals surface area contributed by atoms with E-state index in [0.29, 0.717) is 29.2 Å². The van der Waals surface area contributed by atoms with Gasteiger partial charge in [-0.3, -0.25) is 9.59 Å². The summed E-state index contributed by atoms with van der Waals surface area (Å²) in [4.78, 5) is 28.1. The molecule has 3 aromatic carbocycles. The number of carbonyl (C=O) groups excluding carboxylic acids is 2. The third-order valence-electron chi connectivity index (χ3n) is 6.32. The maximum atomic E-state index is 13.4. The number of aliphatic hydroxyl groups excluding tert-OH is 1. The number of carbonyl (C=O) groups is 2. The molecule has 0 aromatic heterocycles. The van der Waals surface area contributed by atoms with E-state index < -0.39 is 17.7 Å². The highest BCUT2D eigenvalue weighted by Crippen LogP contribution is 2.42. The van der Waals surface area contributed by atoms with Gasteiger partial charge in [-0.1, -0.05) is 24.3 Å². The Balaban J connectivity index is 1.81. The molecule has 0 saturated carbocycles. The van der Waals surface area contributed by atoms with Crippen LogP contribution in [-0.2, 0) is 16.0 Å². The molecule has 4 rings (SSSR count). The normalized spacial score (nSPS) is 16.7. The molecule has 38 heavy (non-hydrogen) atoms. The molecule has 198 valence electrons. The summed E-state index contributed by atoms with van der Waals surface area (Å²) in [5, 5.41) is 11.5. The summed E-state index contributed by atoms with van der Waals surface area (Å²) in [7, 11) is 2.94. The largest absolute Gasteiger partial charge is 0.507 e. The fourth-order valence-corrected chi connectivity index (χ4v) is 4.50. The van der Waals surface area contributed by atoms with Gasteiger partial charge in [0.1, 0.15) is 28.8 Å². The lowest BCUT2D eigenvalue weighted by Crippen LogP contribution is -2.31. The van der Waals surface area contributed by atoms with Crippen LogP contribution in [0.4, 0.5) is 4.39 Å². The van der Waals surface area contributed by atoms with Crippen LogP contribution in [0.25, 0.3) is 5.76 Å². The van der Waals surface area contributed by atoms with E-state index in [9.17, 15) is 19.1 Å². The first kappa shape index (κ1) is 26.7. The van der Waals surface area contributed by atoms with Crippen molar-refractivity contribution in [3.8, 4) is 17.2 Å². The van der Waals surface area contributed by atoms with Gasteiger partial charge in [-0.25, -0.2) is 4.39 Å². The van der Waals surface area contributed by atoms with E-state index in [2.05, 4.69) is 0 Å². The molecule has 8 heteroatoms. The van der Waals surface area contributed by atoms with Gasteiger partial charge in [0.05, 0.1) is 37.5 Å². The van der Waals surface area contributed by atoms with Crippen molar-refractivity contribution in [2.75, 3.05) is 20.8 Å². The average Bonchev–Trinajstić information content (AvgIpc) is 3.17. The molecule has 0 bridgehead atoms. The van der Waals surface area contributed by atoms with Crippen LogP contribution in [0.5, 0.6) is 17.2 Å². The summed E-state index contributed by atoms with van der Waals surface area (Å²) in [6.07, 6.45) is 0.364. The lowest BCUT2D eigenvalue weighted by molar-refractivity contribution is -0.139. The van der Waals surface area contributed by atoms with Gasteiger partial charge in [-0.2, -0.15) is 0 Å². The molecule has 1 aliphatic heterocycles. The number of likely N-dealkylation sites (tertiary alicyclic amines) is 1. The number of hydrogen-bond donors (Lipinski definition) is 1. The first-order valence-corrected chi connectivity index (χ1v) is 12.2. The third kappa shape index (κ3) is 5.49. The van der Waals surface area contributed by atoms with E-state index in [4.69, 9.17) is 14.2 Å². The van der Waals surface area contributed by atoms with Crippen LogP contribution in [0.1, 0.15) is 36.6 Å². The smallest absolute Gasteiger partial charge is 0.295 e. The van der Waals surface area contributed by atoms with Crippen molar-refractivity contribution < 1.29 is 33.3 Å². The fraction of sp³-hybridized carbons (Fsp3) is 0.267. The molecule has 1 heterocycles. The Morgan fingerprint density at radius 3 is 2.21 bits per heavy atom. The zero-order valence-electron chi connectivity index (χ0n) is 21.7. The fourth-order valence-electron chi connectivity index (χ4n) is 4.50. The number of aliphatic hydroxyl groups is 1. The number of methoxy groups -OCH3 is 2. The molecule has 1 saturated heterocycles. The number of benzene rings is 3. The highest BCUT2D eigenvalue weighted by molar-refractivity contribution is 6.46. The van der Waals surface area contributed by atoms with E-state index in [0.717, 1.165) is 5.56 Å². The molecule has 1 N–H and O–H groups in total. The molecule has 1 fully saturated rings. The number of halogens is 1. The van der Waals surface area contributed by atoms with Crippen molar-refractivity contribution >= 4 is 17.4 Å². The molecule has 1 atom stereocenters. The number of nitrogens with zero attached hydrogens (tertiary/aromatic N) is 1. The van der Waals surface area contributed by atoms with Crippen molar-refractivity contribution in [2.45, 2.75) is 32.4 Å². The van der Waals surface area contributed by atoms with Crippen LogP contribution in [-0.4, -0.2) is 48.6 Å². The molecule has 1 aliphatic rings. The van der Waals surface area contributed by atoms with Crippen molar-refractivity contribution in [3.63, 3.8) is 0 Å². The van der Waals surface area contributed by atoms with Gasteiger partial charge in [0, 0.05) is 6.54 Å². The molecule has 3 aromatic rings. The quantitative estimate of drug-likeness (QED) is 0.235. The van der Waals surface area contributed by atoms with Gasteiger partial charge in [-0.05, 0) is 73.9 Å². The Morgan fingerprint density at radius 2 is 1.61 bits per heavy atom. The van der Waals surface area contributed by atoms with Crippen molar-refractivity contribution in [1.82, 2.24) is 4.90 Å². The molecule has 7 nitrogen and oxygen atoms in total. The van der Waals surface area contributed by atoms with Crippen LogP contribution < -0.4 is 14.2 Å². The standard InChI is InChI=1S/C30H30FNO6/c1-18(2)38-22-11-7-20(8-12-22)27-26(28(33)24-17-23(36-3)13-14-25(24)37-4)29(34)30(35)32(27)16-15-19-5-9-21(31)10-6-19/h5-14,17-18,27,33H,15-16H2,1-4H3/b28-26+. The number of amides is 1. The molecule has 1 amide bonds. The highest BCUT2D eigenvalue weighted by Gasteiger charge is 2.46. The average molecular weight is 520 g/mol. The molecule has 0 spiro atoms. The minimum atomic E-state index is -0.862. The van der Waals surface area contributed by atoms with Crippen LogP contribution in [0, 0.1) is 5.82 Å². The summed E-state index contributed by atoms with van der Waals surface area (Å²) >= 11 is 0. The van der Waals surface area contributed by atoms with Crippen molar-refractivity contribution in [2.24, 2.45) is 0 Å². The second-order valence-corrected chi connectivity index (χ2v) is 9.17. The number of rotatable bonds is 9. The predicted molar refractivity (Wildman–Crippen MR) is 141 cm³/mol. The Bertz CT molecular complexity index is 1350. The summed E-state index contributed by atoms with van der Waals surface area (Å²) in [6, 6.07) is 17.0. The maximum absolute atomic E-state index is 13.4. The first-order chi connectivity index (χ1) is 18.2. The monoisotopic (exact) mass is 519 g/mol. The summed E-state index contributed by atoms with van der Waals surface area (Å²) in [5.41, 5.74) is 1.61. The van der Waals surface area contributed by atoms with Gasteiger partial charge in [0.15, 0.2) is 0 Å². The van der Waals surface area contributed by atoms with Gasteiger partial charge >= 0.3 is 0 Å². The van der Waals surface area contributed by atoms with Crippen molar-refractivity contribution in [1.29, 1.82) is 0 Å². The number of ketones is 1. The third-order valence-corrected chi connectivity index (χ3v) is 6.32. The van der Waals surface area contributed by atoms with E-state index in [1.807, 2.05) is 13.8 Å². The molecular weight excluding hydrogens is 489 g/mol. The van der Waals surface area contributed by atoms with E-state index in [1.54, 1.807) is 54.6 Å². The number of ether oxygens (including phenoxy) is 3. The number of hydrogen-bond acceptors (Lipinski definition) is 6. The Hall–Kier alpha value is -4.33. The van der Waals surface area contributed by atoms with Gasteiger partial charge in [0.2, 0.25) is 0 Å². The Morgan fingerprint density at radius 1 is 0.947 bits per heavy atom.